The van der Waals surface area contributed by atoms with Gasteiger partial charge in [0.05, 0.1) is 16.0 Å². The molecule has 4 heteroatoms. The summed E-state index contributed by atoms with van der Waals surface area (Å²) < 4.78 is 0. The molecular weight excluding hydrogens is 206 g/mol. The van der Waals surface area contributed by atoms with Crippen LogP contribution in [0.2, 0.25) is 5.02 Å². The van der Waals surface area contributed by atoms with E-state index in [1.165, 1.54) is 11.3 Å². The van der Waals surface area contributed by atoms with Crippen LogP contribution < -0.4 is 0 Å². The van der Waals surface area contributed by atoms with Gasteiger partial charge in [-0.1, -0.05) is 11.6 Å². The molecule has 1 heterocycles. The summed E-state index contributed by atoms with van der Waals surface area (Å²) in [5, 5.41) is 10.9. The molecule has 2 nitrogen and oxygen atoms in total. The van der Waals surface area contributed by atoms with Crippen LogP contribution >= 0.6 is 22.9 Å². The van der Waals surface area contributed by atoms with Crippen molar-refractivity contribution in [2.24, 2.45) is 5.92 Å². The van der Waals surface area contributed by atoms with E-state index in [1.54, 1.807) is 6.92 Å². The minimum Gasteiger partial charge on any atom is -0.292 e. The van der Waals surface area contributed by atoms with Crippen molar-refractivity contribution in [1.29, 1.82) is 5.26 Å². The number of Topliss-reactive ketones (excluding diaryl/α,β-unsaturated/α-hetero) is 1. The summed E-state index contributed by atoms with van der Waals surface area (Å²) in [5.41, 5.74) is 0.889. The lowest BCUT2D eigenvalue weighted by Crippen LogP contribution is -2.07. The number of ketones is 1. The molecule has 0 bridgehead atoms. The van der Waals surface area contributed by atoms with E-state index in [2.05, 4.69) is 0 Å². The fourth-order valence-corrected chi connectivity index (χ4v) is 2.17. The number of rotatable bonds is 2. The number of carbonyl (C=O) groups excluding carboxylic acids is 1. The number of hydrogen-bond acceptors (Lipinski definition) is 3. The summed E-state index contributed by atoms with van der Waals surface area (Å²) >= 11 is 7.18. The molecule has 0 fully saturated rings. The lowest BCUT2D eigenvalue weighted by atomic mass is 10.1. The molecular formula is C9H8ClNOS. The fourth-order valence-electron chi connectivity index (χ4n) is 0.851. The van der Waals surface area contributed by atoms with E-state index in [0.29, 0.717) is 9.90 Å². The molecule has 0 saturated heterocycles. The second kappa shape index (κ2) is 3.91. The average Bonchev–Trinajstić information content (AvgIpc) is 2.45. The number of halogens is 1. The minimum atomic E-state index is -0.615. The minimum absolute atomic E-state index is 0.189. The molecule has 1 atom stereocenters. The van der Waals surface area contributed by atoms with E-state index < -0.39 is 5.92 Å². The van der Waals surface area contributed by atoms with Crippen LogP contribution in [-0.4, -0.2) is 5.78 Å². The number of thiophene rings is 1. The summed E-state index contributed by atoms with van der Waals surface area (Å²) in [6.45, 7) is 3.42. The second-order valence-electron chi connectivity index (χ2n) is 2.78. The highest BCUT2D eigenvalue weighted by Crippen LogP contribution is 2.29. The Labute approximate surface area is 85.8 Å². The molecule has 0 radical (unpaired) electrons. The molecule has 0 aliphatic heterocycles. The van der Waals surface area contributed by atoms with Crippen molar-refractivity contribution in [1.82, 2.24) is 0 Å². The number of aryl methyl sites for hydroxylation is 1. The quantitative estimate of drug-likeness (QED) is 0.709. The summed E-state index contributed by atoms with van der Waals surface area (Å²) in [5.74, 6) is -0.804. The van der Waals surface area contributed by atoms with E-state index in [-0.39, 0.29) is 5.78 Å². The van der Waals surface area contributed by atoms with E-state index in [9.17, 15) is 4.79 Å². The largest absolute Gasteiger partial charge is 0.292 e. The van der Waals surface area contributed by atoms with Crippen molar-refractivity contribution in [3.05, 3.63) is 20.8 Å². The second-order valence-corrected chi connectivity index (χ2v) is 4.03. The molecule has 0 aromatic carbocycles. The summed E-state index contributed by atoms with van der Waals surface area (Å²) in [4.78, 5) is 12.0. The van der Waals surface area contributed by atoms with Crippen LogP contribution in [0.5, 0.6) is 0 Å². The van der Waals surface area contributed by atoms with Gasteiger partial charge in [-0.2, -0.15) is 5.26 Å². The highest BCUT2D eigenvalue weighted by atomic mass is 35.5. The van der Waals surface area contributed by atoms with Crippen molar-refractivity contribution in [3.63, 3.8) is 0 Å². The first kappa shape index (κ1) is 10.2. The Balaban J connectivity index is 3.04. The van der Waals surface area contributed by atoms with Crippen LogP contribution in [-0.2, 0) is 0 Å². The molecule has 0 spiro atoms. The first-order chi connectivity index (χ1) is 6.07. The zero-order valence-electron chi connectivity index (χ0n) is 7.30. The van der Waals surface area contributed by atoms with Gasteiger partial charge in [0, 0.05) is 0 Å². The molecule has 0 aliphatic rings. The Morgan fingerprint density at radius 3 is 2.77 bits per heavy atom. The number of nitrogens with zero attached hydrogens (tertiary/aromatic N) is 1. The first-order valence-electron chi connectivity index (χ1n) is 3.75. The van der Waals surface area contributed by atoms with Crippen molar-refractivity contribution >= 4 is 28.7 Å². The summed E-state index contributed by atoms with van der Waals surface area (Å²) in [6, 6.07) is 1.90. The zero-order chi connectivity index (χ0) is 10.0. The molecule has 1 aromatic heterocycles. The van der Waals surface area contributed by atoms with Crippen LogP contribution in [0, 0.1) is 24.2 Å². The van der Waals surface area contributed by atoms with Crippen molar-refractivity contribution in [2.75, 3.05) is 0 Å². The van der Waals surface area contributed by atoms with Crippen LogP contribution in [0.3, 0.4) is 0 Å². The fraction of sp³-hybridized carbons (Fsp3) is 0.333. The summed E-state index contributed by atoms with van der Waals surface area (Å²) in [7, 11) is 0. The third-order valence-electron chi connectivity index (χ3n) is 1.71. The molecule has 0 N–H and O–H groups in total. The monoisotopic (exact) mass is 213 g/mol. The maximum Gasteiger partial charge on any atom is 0.191 e. The van der Waals surface area contributed by atoms with Gasteiger partial charge in [0.25, 0.3) is 0 Å². The van der Waals surface area contributed by atoms with Gasteiger partial charge in [0.1, 0.15) is 5.92 Å². The van der Waals surface area contributed by atoms with Crippen molar-refractivity contribution < 1.29 is 4.79 Å². The molecule has 1 unspecified atom stereocenters. The molecule has 0 amide bonds. The van der Waals surface area contributed by atoms with Crippen LogP contribution in [0.1, 0.15) is 22.2 Å². The lowest BCUT2D eigenvalue weighted by Gasteiger charge is -1.98. The van der Waals surface area contributed by atoms with Gasteiger partial charge in [-0.3, -0.25) is 4.79 Å². The van der Waals surface area contributed by atoms with Gasteiger partial charge in [0.15, 0.2) is 5.78 Å². The van der Waals surface area contributed by atoms with E-state index >= 15 is 0 Å². The SMILES string of the molecule is Cc1csc(C(=O)C(C)C#N)c1Cl. The molecule has 13 heavy (non-hydrogen) atoms. The zero-order valence-corrected chi connectivity index (χ0v) is 8.87. The summed E-state index contributed by atoms with van der Waals surface area (Å²) in [6.07, 6.45) is 0. The Kier molecular flexibility index (Phi) is 3.07. The Morgan fingerprint density at radius 2 is 2.38 bits per heavy atom. The van der Waals surface area contributed by atoms with Crippen LogP contribution in [0.4, 0.5) is 0 Å². The van der Waals surface area contributed by atoms with Crippen LogP contribution in [0.25, 0.3) is 0 Å². The normalized spacial score (nSPS) is 12.2. The molecule has 0 saturated carbocycles. The Bertz CT molecular complexity index is 377. The maximum atomic E-state index is 11.5. The van der Waals surface area contributed by atoms with Crippen molar-refractivity contribution in [2.45, 2.75) is 13.8 Å². The third kappa shape index (κ3) is 1.90. The van der Waals surface area contributed by atoms with Gasteiger partial charge in [-0.25, -0.2) is 0 Å². The molecule has 1 aromatic rings. The first-order valence-corrected chi connectivity index (χ1v) is 5.01. The van der Waals surface area contributed by atoms with E-state index in [4.69, 9.17) is 16.9 Å². The highest BCUT2D eigenvalue weighted by molar-refractivity contribution is 7.13. The topological polar surface area (TPSA) is 40.9 Å². The van der Waals surface area contributed by atoms with Gasteiger partial charge >= 0.3 is 0 Å². The van der Waals surface area contributed by atoms with E-state index in [1.807, 2.05) is 18.4 Å². The molecule has 68 valence electrons. The van der Waals surface area contributed by atoms with Crippen LogP contribution in [0.15, 0.2) is 5.38 Å². The smallest absolute Gasteiger partial charge is 0.191 e. The maximum absolute atomic E-state index is 11.5. The van der Waals surface area contributed by atoms with E-state index in [0.717, 1.165) is 5.56 Å². The van der Waals surface area contributed by atoms with Gasteiger partial charge < -0.3 is 0 Å². The number of carbonyl (C=O) groups is 1. The molecule has 1 rings (SSSR count). The van der Waals surface area contributed by atoms with Gasteiger partial charge in [0.2, 0.25) is 0 Å². The molecule has 0 aliphatic carbocycles. The number of hydrogen-bond donors (Lipinski definition) is 0. The third-order valence-corrected chi connectivity index (χ3v) is 3.42. The lowest BCUT2D eigenvalue weighted by molar-refractivity contribution is 0.0960. The Morgan fingerprint density at radius 1 is 1.77 bits per heavy atom. The van der Waals surface area contributed by atoms with Gasteiger partial charge in [-0.05, 0) is 24.8 Å². The number of nitriles is 1. The highest BCUT2D eigenvalue weighted by Gasteiger charge is 2.19. The Hall–Kier alpha value is -0.850. The average molecular weight is 214 g/mol. The standard InChI is InChI=1S/C9H8ClNOS/c1-5(3-11)8(12)9-7(10)6(2)4-13-9/h4-5H,1-2H3. The van der Waals surface area contributed by atoms with Crippen molar-refractivity contribution in [3.8, 4) is 6.07 Å². The predicted octanol–water partition coefficient (Wildman–Crippen LogP) is 3.05. The van der Waals surface area contributed by atoms with Gasteiger partial charge in [-0.15, -0.1) is 11.3 Å². The predicted molar refractivity (Wildman–Crippen MR) is 53.2 cm³/mol.